The molecule has 88 valence electrons. The van der Waals surface area contributed by atoms with Crippen molar-refractivity contribution in [3.8, 4) is 0 Å². The Morgan fingerprint density at radius 3 is 2.94 bits per heavy atom. The van der Waals surface area contributed by atoms with Crippen molar-refractivity contribution in [1.29, 1.82) is 0 Å². The molecule has 0 atom stereocenters. The quantitative estimate of drug-likeness (QED) is 0.776. The van der Waals surface area contributed by atoms with Gasteiger partial charge in [-0.25, -0.2) is 14.8 Å². The number of hydrogen-bond acceptors (Lipinski definition) is 6. The average molecular weight is 250 g/mol. The van der Waals surface area contributed by atoms with E-state index in [0.29, 0.717) is 22.4 Å². The lowest BCUT2D eigenvalue weighted by Crippen LogP contribution is -2.04. The molecule has 0 unspecified atom stereocenters. The van der Waals surface area contributed by atoms with Crippen LogP contribution in [-0.2, 0) is 4.74 Å². The molecule has 2 heterocycles. The molecular weight excluding hydrogens is 240 g/mol. The zero-order valence-electron chi connectivity index (χ0n) is 9.12. The van der Waals surface area contributed by atoms with E-state index in [1.807, 2.05) is 0 Å². The van der Waals surface area contributed by atoms with Crippen molar-refractivity contribution < 1.29 is 13.9 Å². The van der Waals surface area contributed by atoms with Crippen molar-refractivity contribution >= 4 is 17.7 Å². The Kier molecular flexibility index (Phi) is 3.77. The predicted octanol–water partition coefficient (Wildman–Crippen LogP) is 2.40. The molecule has 0 aliphatic rings. The first-order valence-corrected chi connectivity index (χ1v) is 5.81. The lowest BCUT2D eigenvalue weighted by atomic mass is 10.3. The number of pyridine rings is 1. The molecule has 0 fully saturated rings. The maximum atomic E-state index is 11.4. The first-order valence-electron chi connectivity index (χ1n) is 5.00. The van der Waals surface area contributed by atoms with E-state index in [1.165, 1.54) is 24.2 Å². The highest BCUT2D eigenvalue weighted by atomic mass is 32.2. The number of hydrogen-bond donors (Lipinski definition) is 0. The second-order valence-electron chi connectivity index (χ2n) is 3.01. The summed E-state index contributed by atoms with van der Waals surface area (Å²) in [5.41, 5.74) is 0.434. The van der Waals surface area contributed by atoms with Gasteiger partial charge in [0.05, 0.1) is 18.4 Å². The van der Waals surface area contributed by atoms with Gasteiger partial charge in [-0.05, 0) is 30.8 Å². The summed E-state index contributed by atoms with van der Waals surface area (Å²) in [5, 5.41) is 1.22. The largest absolute Gasteiger partial charge is 0.462 e. The summed E-state index contributed by atoms with van der Waals surface area (Å²) in [6.45, 7) is 2.11. The SMILES string of the molecule is CCOC(=O)c1ccc(Sc2ncco2)nc1. The van der Waals surface area contributed by atoms with Crippen LogP contribution in [0.15, 0.2) is 45.5 Å². The monoisotopic (exact) mass is 250 g/mol. The van der Waals surface area contributed by atoms with E-state index in [0.717, 1.165) is 0 Å². The first kappa shape index (κ1) is 11.7. The maximum absolute atomic E-state index is 11.4. The molecule has 0 N–H and O–H groups in total. The van der Waals surface area contributed by atoms with Crippen molar-refractivity contribution in [1.82, 2.24) is 9.97 Å². The molecule has 0 aromatic carbocycles. The molecule has 2 rings (SSSR count). The predicted molar refractivity (Wildman–Crippen MR) is 60.8 cm³/mol. The summed E-state index contributed by atoms with van der Waals surface area (Å²) in [7, 11) is 0. The molecule has 0 amide bonds. The highest BCUT2D eigenvalue weighted by Crippen LogP contribution is 2.23. The summed E-state index contributed by atoms with van der Waals surface area (Å²) in [6, 6.07) is 3.39. The number of carbonyl (C=O) groups excluding carboxylic acids is 1. The molecule has 0 saturated heterocycles. The van der Waals surface area contributed by atoms with E-state index in [1.54, 1.807) is 25.3 Å². The van der Waals surface area contributed by atoms with E-state index in [9.17, 15) is 4.79 Å². The van der Waals surface area contributed by atoms with E-state index < -0.39 is 0 Å². The zero-order valence-corrected chi connectivity index (χ0v) is 9.94. The number of rotatable bonds is 4. The second kappa shape index (κ2) is 5.49. The zero-order chi connectivity index (χ0) is 12.1. The topological polar surface area (TPSA) is 65.2 Å². The number of oxazole rings is 1. The van der Waals surface area contributed by atoms with Gasteiger partial charge in [0, 0.05) is 6.20 Å². The lowest BCUT2D eigenvalue weighted by Gasteiger charge is -2.01. The summed E-state index contributed by atoms with van der Waals surface area (Å²) >= 11 is 1.29. The maximum Gasteiger partial charge on any atom is 0.339 e. The van der Waals surface area contributed by atoms with E-state index >= 15 is 0 Å². The van der Waals surface area contributed by atoms with Gasteiger partial charge in [-0.2, -0.15) is 0 Å². The van der Waals surface area contributed by atoms with Gasteiger partial charge in [0.1, 0.15) is 11.3 Å². The van der Waals surface area contributed by atoms with Crippen LogP contribution in [-0.4, -0.2) is 22.5 Å². The van der Waals surface area contributed by atoms with E-state index in [4.69, 9.17) is 9.15 Å². The minimum absolute atomic E-state index is 0.353. The molecule has 17 heavy (non-hydrogen) atoms. The second-order valence-corrected chi connectivity index (χ2v) is 3.98. The minimum atomic E-state index is -0.368. The first-order chi connectivity index (χ1) is 8.29. The Labute approximate surface area is 102 Å². The van der Waals surface area contributed by atoms with Crippen LogP contribution in [0, 0.1) is 0 Å². The Hall–Kier alpha value is -1.82. The van der Waals surface area contributed by atoms with E-state index in [2.05, 4.69) is 9.97 Å². The van der Waals surface area contributed by atoms with Gasteiger partial charge < -0.3 is 9.15 Å². The highest BCUT2D eigenvalue weighted by Gasteiger charge is 2.08. The lowest BCUT2D eigenvalue weighted by molar-refractivity contribution is 0.0525. The fraction of sp³-hybridized carbons (Fsp3) is 0.182. The third-order valence-electron chi connectivity index (χ3n) is 1.85. The molecule has 0 spiro atoms. The van der Waals surface area contributed by atoms with Gasteiger partial charge in [0.2, 0.25) is 0 Å². The fourth-order valence-electron chi connectivity index (χ4n) is 1.13. The van der Waals surface area contributed by atoms with Crippen molar-refractivity contribution in [3.63, 3.8) is 0 Å². The Bertz CT molecular complexity index is 482. The molecule has 2 aromatic heterocycles. The van der Waals surface area contributed by atoms with Crippen LogP contribution < -0.4 is 0 Å². The summed E-state index contributed by atoms with van der Waals surface area (Å²) in [4.78, 5) is 19.5. The van der Waals surface area contributed by atoms with Gasteiger partial charge in [-0.15, -0.1) is 0 Å². The smallest absolute Gasteiger partial charge is 0.339 e. The summed E-state index contributed by atoms with van der Waals surface area (Å²) < 4.78 is 9.93. The number of ether oxygens (including phenoxy) is 1. The van der Waals surface area contributed by atoms with Gasteiger partial charge in [0.25, 0.3) is 5.22 Å². The number of carbonyl (C=O) groups is 1. The molecule has 6 heteroatoms. The summed E-state index contributed by atoms with van der Waals surface area (Å²) in [6.07, 6.45) is 4.54. The van der Waals surface area contributed by atoms with Gasteiger partial charge in [0.15, 0.2) is 0 Å². The molecule has 2 aromatic rings. The van der Waals surface area contributed by atoms with Gasteiger partial charge in [-0.1, -0.05) is 0 Å². The van der Waals surface area contributed by atoms with Crippen molar-refractivity contribution in [3.05, 3.63) is 36.4 Å². The molecule has 0 aliphatic heterocycles. The van der Waals surface area contributed by atoms with Crippen molar-refractivity contribution in [2.75, 3.05) is 6.61 Å². The average Bonchev–Trinajstić information content (AvgIpc) is 2.83. The molecular formula is C11H10N2O3S. The molecule has 0 aliphatic carbocycles. The fourth-order valence-corrected chi connectivity index (χ4v) is 1.76. The number of aromatic nitrogens is 2. The Balaban J connectivity index is 2.05. The number of nitrogens with zero attached hydrogens (tertiary/aromatic N) is 2. The van der Waals surface area contributed by atoms with E-state index in [-0.39, 0.29) is 5.97 Å². The Morgan fingerprint density at radius 1 is 1.47 bits per heavy atom. The molecule has 0 bridgehead atoms. The van der Waals surface area contributed by atoms with Crippen LogP contribution in [0.5, 0.6) is 0 Å². The third kappa shape index (κ3) is 3.07. The van der Waals surface area contributed by atoms with Crippen LogP contribution in [0.3, 0.4) is 0 Å². The van der Waals surface area contributed by atoms with Crippen molar-refractivity contribution in [2.45, 2.75) is 17.2 Å². The normalized spacial score (nSPS) is 10.2. The van der Waals surface area contributed by atoms with Crippen LogP contribution in [0.1, 0.15) is 17.3 Å². The van der Waals surface area contributed by atoms with Gasteiger partial charge in [-0.3, -0.25) is 0 Å². The van der Waals surface area contributed by atoms with Crippen LogP contribution in [0.4, 0.5) is 0 Å². The van der Waals surface area contributed by atoms with Crippen molar-refractivity contribution in [2.24, 2.45) is 0 Å². The molecule has 0 saturated carbocycles. The third-order valence-corrected chi connectivity index (χ3v) is 2.68. The summed E-state index contributed by atoms with van der Waals surface area (Å²) in [5.74, 6) is -0.368. The van der Waals surface area contributed by atoms with Crippen LogP contribution >= 0.6 is 11.8 Å². The van der Waals surface area contributed by atoms with Crippen LogP contribution in [0.2, 0.25) is 0 Å². The molecule has 5 nitrogen and oxygen atoms in total. The van der Waals surface area contributed by atoms with Crippen LogP contribution in [0.25, 0.3) is 0 Å². The standard InChI is InChI=1S/C11H10N2O3S/c1-2-15-10(14)8-3-4-9(13-7-8)17-11-12-5-6-16-11/h3-7H,2H2,1H3. The minimum Gasteiger partial charge on any atom is -0.462 e. The highest BCUT2D eigenvalue weighted by molar-refractivity contribution is 7.99. The number of esters is 1. The van der Waals surface area contributed by atoms with Gasteiger partial charge >= 0.3 is 5.97 Å². The molecule has 0 radical (unpaired) electrons. The Morgan fingerprint density at radius 2 is 2.35 bits per heavy atom.